The SMILES string of the molecule is Nc1nc2c(s1)CCN(C/C=C/c1cccc(C(F)(F)F)c1)CC2. The Balaban J connectivity index is 1.58. The monoisotopic (exact) mass is 353 g/mol. The number of nitrogen functional groups attached to an aromatic ring is 1. The molecule has 3 nitrogen and oxygen atoms in total. The summed E-state index contributed by atoms with van der Waals surface area (Å²) < 4.78 is 38.1. The predicted molar refractivity (Wildman–Crippen MR) is 90.9 cm³/mol. The first kappa shape index (κ1) is 17.0. The molecule has 0 radical (unpaired) electrons. The zero-order chi connectivity index (χ0) is 17.2. The van der Waals surface area contributed by atoms with Gasteiger partial charge in [-0.15, -0.1) is 11.3 Å². The summed E-state index contributed by atoms with van der Waals surface area (Å²) in [6.07, 6.45) is 1.13. The van der Waals surface area contributed by atoms with Gasteiger partial charge in [-0.1, -0.05) is 24.3 Å². The summed E-state index contributed by atoms with van der Waals surface area (Å²) in [6.45, 7) is 2.49. The van der Waals surface area contributed by atoms with Crippen molar-refractivity contribution in [3.8, 4) is 0 Å². The Kier molecular flexibility index (Phi) is 4.91. The van der Waals surface area contributed by atoms with E-state index in [-0.39, 0.29) is 0 Å². The fourth-order valence-electron chi connectivity index (χ4n) is 2.77. The van der Waals surface area contributed by atoms with Crippen LogP contribution in [0.4, 0.5) is 18.3 Å². The van der Waals surface area contributed by atoms with Gasteiger partial charge < -0.3 is 5.73 Å². The second-order valence-electron chi connectivity index (χ2n) is 5.75. The van der Waals surface area contributed by atoms with Crippen molar-refractivity contribution in [2.45, 2.75) is 19.0 Å². The molecule has 2 N–H and O–H groups in total. The lowest BCUT2D eigenvalue weighted by Gasteiger charge is -2.17. The molecular weight excluding hydrogens is 335 g/mol. The van der Waals surface area contributed by atoms with Gasteiger partial charge in [-0.3, -0.25) is 4.90 Å². The molecule has 0 saturated carbocycles. The smallest absolute Gasteiger partial charge is 0.375 e. The minimum atomic E-state index is -4.30. The number of alkyl halides is 3. The highest BCUT2D eigenvalue weighted by molar-refractivity contribution is 7.15. The highest BCUT2D eigenvalue weighted by Gasteiger charge is 2.30. The predicted octanol–water partition coefficient (Wildman–Crippen LogP) is 3.86. The van der Waals surface area contributed by atoms with Gasteiger partial charge in [0.05, 0.1) is 11.3 Å². The standard InChI is InChI=1S/C17H18F3N3S/c18-17(19,20)13-5-1-3-12(11-13)4-2-8-23-9-6-14-15(7-10-23)24-16(21)22-14/h1-5,11H,6-10H2,(H2,21,22)/b4-2+. The number of anilines is 1. The van der Waals surface area contributed by atoms with Crippen LogP contribution in [0.15, 0.2) is 30.3 Å². The summed E-state index contributed by atoms with van der Waals surface area (Å²) in [4.78, 5) is 7.87. The maximum Gasteiger partial charge on any atom is 0.416 e. The number of rotatable bonds is 3. The molecule has 2 aromatic rings. The molecule has 0 aliphatic carbocycles. The lowest BCUT2D eigenvalue weighted by molar-refractivity contribution is -0.137. The molecule has 0 unspecified atom stereocenters. The highest BCUT2D eigenvalue weighted by Crippen LogP contribution is 2.29. The first-order valence-corrected chi connectivity index (χ1v) is 8.53. The molecule has 0 spiro atoms. The maximum absolute atomic E-state index is 12.7. The third kappa shape index (κ3) is 4.15. The van der Waals surface area contributed by atoms with Crippen molar-refractivity contribution >= 4 is 22.5 Å². The maximum atomic E-state index is 12.7. The van der Waals surface area contributed by atoms with Gasteiger partial charge in [0.2, 0.25) is 0 Å². The van der Waals surface area contributed by atoms with Gasteiger partial charge in [0, 0.05) is 30.9 Å². The van der Waals surface area contributed by atoms with E-state index in [1.54, 1.807) is 23.5 Å². The zero-order valence-corrected chi connectivity index (χ0v) is 13.8. The van der Waals surface area contributed by atoms with Gasteiger partial charge in [0.1, 0.15) is 0 Å². The Morgan fingerprint density at radius 1 is 1.25 bits per heavy atom. The Morgan fingerprint density at radius 3 is 2.83 bits per heavy atom. The molecule has 2 heterocycles. The molecule has 0 fully saturated rings. The molecule has 0 atom stereocenters. The fourth-order valence-corrected chi connectivity index (χ4v) is 3.64. The van der Waals surface area contributed by atoms with Gasteiger partial charge in [-0.05, 0) is 24.1 Å². The average Bonchev–Trinajstić information content (AvgIpc) is 2.79. The highest BCUT2D eigenvalue weighted by atomic mass is 32.1. The van der Waals surface area contributed by atoms with Crippen LogP contribution in [0.5, 0.6) is 0 Å². The number of halogens is 3. The molecule has 7 heteroatoms. The van der Waals surface area contributed by atoms with Crippen LogP contribution in [0.2, 0.25) is 0 Å². The van der Waals surface area contributed by atoms with Gasteiger partial charge in [-0.2, -0.15) is 13.2 Å². The molecule has 128 valence electrons. The van der Waals surface area contributed by atoms with Crippen molar-refractivity contribution in [1.82, 2.24) is 9.88 Å². The number of benzene rings is 1. The van der Waals surface area contributed by atoms with E-state index in [2.05, 4.69) is 9.88 Å². The van der Waals surface area contributed by atoms with Crippen molar-refractivity contribution in [1.29, 1.82) is 0 Å². The average molecular weight is 353 g/mol. The summed E-state index contributed by atoms with van der Waals surface area (Å²) in [5.74, 6) is 0. The second-order valence-corrected chi connectivity index (χ2v) is 6.86. The summed E-state index contributed by atoms with van der Waals surface area (Å²) in [7, 11) is 0. The lowest BCUT2D eigenvalue weighted by Crippen LogP contribution is -2.26. The first-order valence-electron chi connectivity index (χ1n) is 7.72. The van der Waals surface area contributed by atoms with Crippen molar-refractivity contribution in [3.63, 3.8) is 0 Å². The summed E-state index contributed by atoms with van der Waals surface area (Å²) in [5.41, 5.74) is 6.76. The van der Waals surface area contributed by atoms with Crippen LogP contribution in [0.25, 0.3) is 6.08 Å². The van der Waals surface area contributed by atoms with Gasteiger partial charge in [0.25, 0.3) is 0 Å². The Bertz CT molecular complexity index is 711. The Labute approximate surface area is 142 Å². The number of fused-ring (bicyclic) bond motifs is 1. The quantitative estimate of drug-likeness (QED) is 0.911. The van der Waals surface area contributed by atoms with E-state index < -0.39 is 11.7 Å². The Hall–Kier alpha value is -1.86. The third-order valence-corrected chi connectivity index (χ3v) is 4.99. The van der Waals surface area contributed by atoms with Crippen LogP contribution in [0, 0.1) is 0 Å². The van der Waals surface area contributed by atoms with Crippen molar-refractivity contribution in [3.05, 3.63) is 52.0 Å². The van der Waals surface area contributed by atoms with Crippen LogP contribution in [0.3, 0.4) is 0 Å². The molecular formula is C17H18F3N3S. The molecule has 1 aromatic heterocycles. The number of nitrogens with zero attached hydrogens (tertiary/aromatic N) is 2. The van der Waals surface area contributed by atoms with E-state index in [1.807, 2.05) is 6.08 Å². The molecule has 0 bridgehead atoms. The minimum Gasteiger partial charge on any atom is -0.375 e. The number of thiazole rings is 1. The molecule has 1 aliphatic heterocycles. The van der Waals surface area contributed by atoms with Crippen molar-refractivity contribution in [2.24, 2.45) is 0 Å². The number of hydrogen-bond acceptors (Lipinski definition) is 4. The van der Waals surface area contributed by atoms with Crippen LogP contribution >= 0.6 is 11.3 Å². The van der Waals surface area contributed by atoms with Crippen molar-refractivity contribution in [2.75, 3.05) is 25.4 Å². The second kappa shape index (κ2) is 6.94. The summed E-state index contributed by atoms with van der Waals surface area (Å²) in [6, 6.07) is 5.37. The first-order chi connectivity index (χ1) is 11.4. The topological polar surface area (TPSA) is 42.1 Å². The fraction of sp³-hybridized carbons (Fsp3) is 0.353. The lowest BCUT2D eigenvalue weighted by atomic mass is 10.1. The number of aromatic nitrogens is 1. The number of nitrogens with two attached hydrogens (primary N) is 1. The van der Waals surface area contributed by atoms with Crippen LogP contribution in [-0.2, 0) is 19.0 Å². The summed E-state index contributed by atoms with van der Waals surface area (Å²) >= 11 is 1.55. The molecule has 1 aliphatic rings. The molecule has 24 heavy (non-hydrogen) atoms. The van der Waals surface area contributed by atoms with Crippen LogP contribution in [0.1, 0.15) is 21.7 Å². The molecule has 0 amide bonds. The Morgan fingerprint density at radius 2 is 2.04 bits per heavy atom. The number of hydrogen-bond donors (Lipinski definition) is 1. The van der Waals surface area contributed by atoms with Gasteiger partial charge in [0.15, 0.2) is 5.13 Å². The normalized spacial score (nSPS) is 16.3. The third-order valence-electron chi connectivity index (χ3n) is 4.00. The minimum absolute atomic E-state index is 0.563. The van der Waals surface area contributed by atoms with Crippen LogP contribution in [-0.4, -0.2) is 29.5 Å². The van der Waals surface area contributed by atoms with E-state index >= 15 is 0 Å². The van der Waals surface area contributed by atoms with E-state index in [1.165, 1.54) is 17.0 Å². The van der Waals surface area contributed by atoms with E-state index in [4.69, 9.17) is 5.73 Å². The molecule has 3 rings (SSSR count). The van der Waals surface area contributed by atoms with E-state index in [0.717, 1.165) is 37.7 Å². The van der Waals surface area contributed by atoms with Gasteiger partial charge in [-0.25, -0.2) is 4.98 Å². The van der Waals surface area contributed by atoms with E-state index in [9.17, 15) is 13.2 Å². The molecule has 0 saturated heterocycles. The van der Waals surface area contributed by atoms with Crippen LogP contribution < -0.4 is 5.73 Å². The van der Waals surface area contributed by atoms with E-state index in [0.29, 0.717) is 17.2 Å². The van der Waals surface area contributed by atoms with Gasteiger partial charge >= 0.3 is 6.18 Å². The zero-order valence-electron chi connectivity index (χ0n) is 13.0. The summed E-state index contributed by atoms with van der Waals surface area (Å²) in [5, 5.41) is 0.623. The molecule has 1 aromatic carbocycles. The largest absolute Gasteiger partial charge is 0.416 e. The van der Waals surface area contributed by atoms with Crippen molar-refractivity contribution < 1.29 is 13.2 Å².